The number of fused-ring (bicyclic) bond motifs is 1. The molecule has 118 valence electrons. The summed E-state index contributed by atoms with van der Waals surface area (Å²) in [5, 5.41) is 1.15. The molecule has 1 amide bonds. The second kappa shape index (κ2) is 6.80. The van der Waals surface area contributed by atoms with Gasteiger partial charge < -0.3 is 15.2 Å². The molecule has 1 aliphatic heterocycles. The molecular formula is C16H15N3O3S. The van der Waals surface area contributed by atoms with E-state index in [9.17, 15) is 4.79 Å². The van der Waals surface area contributed by atoms with Gasteiger partial charge in [-0.05, 0) is 41.6 Å². The summed E-state index contributed by atoms with van der Waals surface area (Å²) in [5.74, 6) is 0.420. The molecule has 0 saturated carbocycles. The van der Waals surface area contributed by atoms with Crippen molar-refractivity contribution in [1.82, 2.24) is 4.98 Å². The van der Waals surface area contributed by atoms with Crippen molar-refractivity contribution < 1.29 is 14.3 Å². The van der Waals surface area contributed by atoms with Crippen LogP contribution in [0.2, 0.25) is 0 Å². The molecule has 0 radical (unpaired) electrons. The molecule has 2 heterocycles. The maximum absolute atomic E-state index is 11.7. The van der Waals surface area contributed by atoms with Gasteiger partial charge in [-0.3, -0.25) is 9.78 Å². The molecule has 0 saturated heterocycles. The molecule has 2 aromatic rings. The van der Waals surface area contributed by atoms with Crippen LogP contribution in [0.15, 0.2) is 40.4 Å². The number of amidine groups is 1. The minimum atomic E-state index is -0.310. The number of hydrogen-bond donors (Lipinski definition) is 1. The van der Waals surface area contributed by atoms with E-state index in [1.807, 2.05) is 24.3 Å². The molecule has 0 atom stereocenters. The third kappa shape index (κ3) is 3.52. The van der Waals surface area contributed by atoms with Gasteiger partial charge in [0.05, 0.1) is 17.0 Å². The summed E-state index contributed by atoms with van der Waals surface area (Å²) in [4.78, 5) is 20.2. The molecule has 7 heteroatoms. The van der Waals surface area contributed by atoms with Gasteiger partial charge in [0.1, 0.15) is 12.4 Å². The minimum Gasteiger partial charge on any atom is -0.490 e. The van der Waals surface area contributed by atoms with Crippen LogP contribution in [0.1, 0.15) is 5.56 Å². The third-order valence-corrected chi connectivity index (χ3v) is 4.02. The van der Waals surface area contributed by atoms with Gasteiger partial charge in [-0.15, -0.1) is 0 Å². The average molecular weight is 329 g/mol. The van der Waals surface area contributed by atoms with E-state index in [0.717, 1.165) is 22.2 Å². The quantitative estimate of drug-likeness (QED) is 0.668. The fraction of sp³-hybridized carbons (Fsp3) is 0.188. The molecule has 2 N–H and O–H groups in total. The fourth-order valence-electron chi connectivity index (χ4n) is 2.17. The average Bonchev–Trinajstić information content (AvgIpc) is 2.85. The number of benzene rings is 1. The largest absolute Gasteiger partial charge is 0.490 e. The zero-order valence-electron chi connectivity index (χ0n) is 12.5. The number of pyridine rings is 1. The first-order valence-electron chi connectivity index (χ1n) is 6.96. The number of carbonyl (C=O) groups excluding carboxylic acids is 1. The zero-order valence-corrected chi connectivity index (χ0v) is 13.3. The van der Waals surface area contributed by atoms with Crippen LogP contribution in [0.5, 0.6) is 5.75 Å². The van der Waals surface area contributed by atoms with E-state index in [1.54, 1.807) is 19.4 Å². The lowest BCUT2D eigenvalue weighted by Gasteiger charge is -2.09. The first-order valence-corrected chi connectivity index (χ1v) is 7.77. The van der Waals surface area contributed by atoms with Crippen molar-refractivity contribution >= 4 is 39.8 Å². The minimum absolute atomic E-state index is 0.271. The molecule has 3 rings (SSSR count). The molecule has 0 fully saturated rings. The normalized spacial score (nSPS) is 16.1. The Morgan fingerprint density at radius 1 is 1.30 bits per heavy atom. The number of aromatic nitrogens is 1. The van der Waals surface area contributed by atoms with E-state index in [1.165, 1.54) is 11.8 Å². The van der Waals surface area contributed by atoms with Crippen LogP contribution < -0.4 is 10.5 Å². The highest BCUT2D eigenvalue weighted by atomic mass is 32.2. The number of ether oxygens (including phenoxy) is 2. The zero-order chi connectivity index (χ0) is 16.2. The molecule has 0 aliphatic carbocycles. The number of rotatable bonds is 5. The van der Waals surface area contributed by atoms with Crippen molar-refractivity contribution in [2.75, 3.05) is 20.3 Å². The molecule has 23 heavy (non-hydrogen) atoms. The SMILES string of the molecule is COCCOc1ccnc2ccc(/C=C3\SC(N)=NC3=O)cc12. The van der Waals surface area contributed by atoms with Crippen LogP contribution in [0.4, 0.5) is 0 Å². The fourth-order valence-corrected chi connectivity index (χ4v) is 2.85. The Hall–Kier alpha value is -2.38. The molecule has 0 bridgehead atoms. The maximum atomic E-state index is 11.7. The number of hydrogen-bond acceptors (Lipinski definition) is 6. The van der Waals surface area contributed by atoms with Gasteiger partial charge >= 0.3 is 0 Å². The molecule has 1 aromatic heterocycles. The van der Waals surface area contributed by atoms with E-state index in [0.29, 0.717) is 18.1 Å². The second-order valence-electron chi connectivity index (χ2n) is 4.79. The van der Waals surface area contributed by atoms with Gasteiger partial charge in [-0.2, -0.15) is 4.99 Å². The van der Waals surface area contributed by atoms with Gasteiger partial charge in [0.15, 0.2) is 5.17 Å². The number of thioether (sulfide) groups is 1. The Morgan fingerprint density at radius 2 is 2.17 bits per heavy atom. The number of nitrogens with two attached hydrogens (primary N) is 1. The van der Waals surface area contributed by atoms with Gasteiger partial charge in [0, 0.05) is 18.7 Å². The van der Waals surface area contributed by atoms with Crippen LogP contribution in [-0.2, 0) is 9.53 Å². The Bertz CT molecular complexity index is 817. The highest BCUT2D eigenvalue weighted by Crippen LogP contribution is 2.29. The number of amides is 1. The van der Waals surface area contributed by atoms with E-state index in [-0.39, 0.29) is 11.1 Å². The van der Waals surface area contributed by atoms with Crippen molar-refractivity contribution in [3.8, 4) is 5.75 Å². The lowest BCUT2D eigenvalue weighted by molar-refractivity contribution is -0.113. The van der Waals surface area contributed by atoms with Crippen molar-refractivity contribution in [2.24, 2.45) is 10.7 Å². The first kappa shape index (κ1) is 15.5. The predicted molar refractivity (Wildman–Crippen MR) is 91.3 cm³/mol. The summed E-state index contributed by atoms with van der Waals surface area (Å²) < 4.78 is 10.7. The summed E-state index contributed by atoms with van der Waals surface area (Å²) in [6.45, 7) is 0.967. The van der Waals surface area contributed by atoms with Crippen molar-refractivity contribution in [1.29, 1.82) is 0 Å². The highest BCUT2D eigenvalue weighted by molar-refractivity contribution is 8.18. The Balaban J connectivity index is 1.93. The summed E-state index contributed by atoms with van der Waals surface area (Å²) >= 11 is 1.17. The van der Waals surface area contributed by atoms with Crippen LogP contribution in [-0.4, -0.2) is 36.4 Å². The summed E-state index contributed by atoms with van der Waals surface area (Å²) in [5.41, 5.74) is 7.25. The molecular weight excluding hydrogens is 314 g/mol. The van der Waals surface area contributed by atoms with Gasteiger partial charge in [-0.25, -0.2) is 0 Å². The van der Waals surface area contributed by atoms with Crippen molar-refractivity contribution in [2.45, 2.75) is 0 Å². The van der Waals surface area contributed by atoms with E-state index >= 15 is 0 Å². The summed E-state index contributed by atoms with van der Waals surface area (Å²) in [7, 11) is 1.63. The summed E-state index contributed by atoms with van der Waals surface area (Å²) in [6.07, 6.45) is 3.47. The van der Waals surface area contributed by atoms with Gasteiger partial charge in [-0.1, -0.05) is 6.07 Å². The van der Waals surface area contributed by atoms with Crippen LogP contribution in [0.3, 0.4) is 0 Å². The predicted octanol–water partition coefficient (Wildman–Crippen LogP) is 2.19. The molecule has 1 aliphatic rings. The van der Waals surface area contributed by atoms with Crippen LogP contribution >= 0.6 is 11.8 Å². The van der Waals surface area contributed by atoms with E-state index in [4.69, 9.17) is 15.2 Å². The smallest absolute Gasteiger partial charge is 0.286 e. The van der Waals surface area contributed by atoms with Crippen molar-refractivity contribution in [3.05, 3.63) is 40.9 Å². The number of methoxy groups -OCH3 is 1. The Morgan fingerprint density at radius 3 is 2.91 bits per heavy atom. The first-order chi connectivity index (χ1) is 11.2. The molecule has 0 unspecified atom stereocenters. The monoisotopic (exact) mass is 329 g/mol. The maximum Gasteiger partial charge on any atom is 0.286 e. The number of nitrogens with zero attached hydrogens (tertiary/aromatic N) is 2. The second-order valence-corrected chi connectivity index (χ2v) is 5.86. The van der Waals surface area contributed by atoms with E-state index < -0.39 is 0 Å². The molecule has 0 spiro atoms. The van der Waals surface area contributed by atoms with Gasteiger partial charge in [0.25, 0.3) is 5.91 Å². The Kier molecular flexibility index (Phi) is 4.59. The van der Waals surface area contributed by atoms with Crippen LogP contribution in [0.25, 0.3) is 17.0 Å². The third-order valence-electron chi connectivity index (χ3n) is 3.21. The molecule has 1 aromatic carbocycles. The van der Waals surface area contributed by atoms with Crippen LogP contribution in [0, 0.1) is 0 Å². The topological polar surface area (TPSA) is 86.8 Å². The molecule has 6 nitrogen and oxygen atoms in total. The highest BCUT2D eigenvalue weighted by Gasteiger charge is 2.19. The lowest BCUT2D eigenvalue weighted by atomic mass is 10.1. The Labute approximate surface area is 137 Å². The van der Waals surface area contributed by atoms with Gasteiger partial charge in [0.2, 0.25) is 0 Å². The number of aliphatic imine (C=N–C) groups is 1. The van der Waals surface area contributed by atoms with E-state index in [2.05, 4.69) is 9.98 Å². The summed E-state index contributed by atoms with van der Waals surface area (Å²) in [6, 6.07) is 7.52. The lowest BCUT2D eigenvalue weighted by Crippen LogP contribution is -2.04. The number of carbonyl (C=O) groups is 1. The standard InChI is InChI=1S/C16H15N3O3S/c1-21-6-7-22-13-4-5-18-12-3-2-10(8-11(12)13)9-14-15(20)19-16(17)23-14/h2-5,8-9H,6-7H2,1H3,(H2,17,19,20)/b14-9-. The van der Waals surface area contributed by atoms with Crippen molar-refractivity contribution in [3.63, 3.8) is 0 Å².